The van der Waals surface area contributed by atoms with Crippen molar-refractivity contribution in [3.05, 3.63) is 35.3 Å². The Morgan fingerprint density at radius 3 is 2.68 bits per heavy atom. The number of para-hydroxylation sites is 1. The zero-order chi connectivity index (χ0) is 13.8. The number of hydrogen-bond donors (Lipinski definition) is 2. The molecule has 1 atom stereocenters. The predicted molar refractivity (Wildman–Crippen MR) is 79.0 cm³/mol. The summed E-state index contributed by atoms with van der Waals surface area (Å²) in [5.74, 6) is -0.163. The van der Waals surface area contributed by atoms with Gasteiger partial charge in [-0.1, -0.05) is 32.9 Å². The molecule has 2 aromatic rings. The molecule has 1 aromatic carbocycles. The van der Waals surface area contributed by atoms with Gasteiger partial charge in [0.05, 0.1) is 5.52 Å². The molecular formula is C16H23FN2. The highest BCUT2D eigenvalue weighted by Gasteiger charge is 2.19. The van der Waals surface area contributed by atoms with Crippen molar-refractivity contribution in [3.8, 4) is 0 Å². The zero-order valence-electron chi connectivity index (χ0n) is 12.0. The molecule has 1 unspecified atom stereocenters. The summed E-state index contributed by atoms with van der Waals surface area (Å²) < 4.78 is 13.9. The average Bonchev–Trinajstić information content (AvgIpc) is 2.80. The lowest BCUT2D eigenvalue weighted by molar-refractivity contribution is 0.518. The van der Waals surface area contributed by atoms with Crippen LogP contribution in [-0.2, 0) is 6.42 Å². The van der Waals surface area contributed by atoms with Crippen LogP contribution in [0.1, 0.15) is 50.9 Å². The van der Waals surface area contributed by atoms with Gasteiger partial charge >= 0.3 is 0 Å². The lowest BCUT2D eigenvalue weighted by Gasteiger charge is -2.18. The Hall–Kier alpha value is -1.35. The third-order valence-electron chi connectivity index (χ3n) is 3.66. The number of nitrogens with one attached hydrogen (secondary N) is 2. The highest BCUT2D eigenvalue weighted by atomic mass is 19.1. The highest BCUT2D eigenvalue weighted by molar-refractivity contribution is 5.85. The molecule has 1 aromatic heterocycles. The summed E-state index contributed by atoms with van der Waals surface area (Å²) in [6.07, 6.45) is 3.01. The summed E-state index contributed by atoms with van der Waals surface area (Å²) in [6.45, 7) is 7.43. The smallest absolute Gasteiger partial charge is 0.147 e. The first-order chi connectivity index (χ1) is 9.22. The van der Waals surface area contributed by atoms with Gasteiger partial charge in [-0.25, -0.2) is 4.39 Å². The number of aromatic nitrogens is 1. The number of hydrogen-bond acceptors (Lipinski definition) is 1. The molecule has 2 rings (SSSR count). The quantitative estimate of drug-likeness (QED) is 0.797. The van der Waals surface area contributed by atoms with E-state index < -0.39 is 0 Å². The Morgan fingerprint density at radius 2 is 2.05 bits per heavy atom. The van der Waals surface area contributed by atoms with E-state index in [9.17, 15) is 4.39 Å². The van der Waals surface area contributed by atoms with Crippen LogP contribution >= 0.6 is 0 Å². The summed E-state index contributed by atoms with van der Waals surface area (Å²) in [5.41, 5.74) is 3.04. The Kier molecular flexibility index (Phi) is 4.59. The minimum atomic E-state index is -0.163. The molecule has 0 spiro atoms. The van der Waals surface area contributed by atoms with E-state index >= 15 is 0 Å². The van der Waals surface area contributed by atoms with E-state index in [0.29, 0.717) is 11.6 Å². The van der Waals surface area contributed by atoms with Gasteiger partial charge in [0.25, 0.3) is 0 Å². The Bertz CT molecular complexity index is 545. The molecule has 1 heterocycles. The van der Waals surface area contributed by atoms with Crippen molar-refractivity contribution in [1.29, 1.82) is 0 Å². The van der Waals surface area contributed by atoms with Gasteiger partial charge < -0.3 is 10.3 Å². The molecule has 0 radical (unpaired) electrons. The van der Waals surface area contributed by atoms with Gasteiger partial charge in [-0.2, -0.15) is 0 Å². The van der Waals surface area contributed by atoms with Crippen LogP contribution in [0.4, 0.5) is 4.39 Å². The fourth-order valence-electron chi connectivity index (χ4n) is 2.70. The van der Waals surface area contributed by atoms with Crippen molar-refractivity contribution >= 4 is 10.9 Å². The summed E-state index contributed by atoms with van der Waals surface area (Å²) in [7, 11) is 0. The van der Waals surface area contributed by atoms with Crippen LogP contribution in [0.5, 0.6) is 0 Å². The van der Waals surface area contributed by atoms with Crippen LogP contribution in [0.15, 0.2) is 18.2 Å². The fourth-order valence-corrected chi connectivity index (χ4v) is 2.70. The number of benzene rings is 1. The van der Waals surface area contributed by atoms with E-state index in [1.54, 1.807) is 6.07 Å². The first-order valence-corrected chi connectivity index (χ1v) is 7.25. The van der Waals surface area contributed by atoms with Crippen LogP contribution in [0.25, 0.3) is 10.9 Å². The predicted octanol–water partition coefficient (Wildman–Crippen LogP) is 4.32. The molecule has 0 bridgehead atoms. The lowest BCUT2D eigenvalue weighted by atomic mass is 9.99. The first kappa shape index (κ1) is 14.1. The number of halogens is 1. The van der Waals surface area contributed by atoms with Gasteiger partial charge in [0, 0.05) is 17.1 Å². The molecule has 0 amide bonds. The van der Waals surface area contributed by atoms with Crippen LogP contribution in [0, 0.1) is 5.82 Å². The van der Waals surface area contributed by atoms with E-state index in [4.69, 9.17) is 0 Å². The van der Waals surface area contributed by atoms with Crippen molar-refractivity contribution in [1.82, 2.24) is 10.3 Å². The van der Waals surface area contributed by atoms with Crippen molar-refractivity contribution in [2.24, 2.45) is 0 Å². The number of fused-ring (bicyclic) bond motifs is 1. The minimum absolute atomic E-state index is 0.163. The van der Waals surface area contributed by atoms with E-state index in [1.165, 1.54) is 11.6 Å². The largest absolute Gasteiger partial charge is 0.356 e. The Morgan fingerprint density at radius 1 is 1.26 bits per heavy atom. The monoisotopic (exact) mass is 262 g/mol. The number of aromatic amines is 1. The van der Waals surface area contributed by atoms with Crippen molar-refractivity contribution < 1.29 is 4.39 Å². The summed E-state index contributed by atoms with van der Waals surface area (Å²) in [6, 6.07) is 5.62. The van der Waals surface area contributed by atoms with Gasteiger partial charge in [-0.05, 0) is 37.4 Å². The molecule has 0 saturated carbocycles. The maximum absolute atomic E-state index is 13.9. The molecule has 2 nitrogen and oxygen atoms in total. The second-order valence-electron chi connectivity index (χ2n) is 4.95. The molecule has 104 valence electrons. The number of aryl methyl sites for hydroxylation is 1. The van der Waals surface area contributed by atoms with E-state index in [0.717, 1.165) is 36.9 Å². The third kappa shape index (κ3) is 2.66. The van der Waals surface area contributed by atoms with Gasteiger partial charge in [-0.3, -0.25) is 0 Å². The standard InChI is InChI=1S/C16H23FN2/c1-4-10-18-13(5-2)15-11-8-7-9-12(17)16(11)19-14(15)6-3/h7-9,13,18-19H,4-6,10H2,1-3H3. The van der Waals surface area contributed by atoms with E-state index in [1.807, 2.05) is 6.07 Å². The van der Waals surface area contributed by atoms with E-state index in [-0.39, 0.29) is 5.82 Å². The van der Waals surface area contributed by atoms with Crippen LogP contribution in [0.2, 0.25) is 0 Å². The fraction of sp³-hybridized carbons (Fsp3) is 0.500. The molecule has 3 heteroatoms. The molecule has 19 heavy (non-hydrogen) atoms. The van der Waals surface area contributed by atoms with Gasteiger partial charge in [-0.15, -0.1) is 0 Å². The number of rotatable bonds is 6. The molecule has 0 saturated heterocycles. The molecule has 0 aliphatic rings. The molecule has 2 N–H and O–H groups in total. The first-order valence-electron chi connectivity index (χ1n) is 7.25. The second-order valence-corrected chi connectivity index (χ2v) is 4.95. The van der Waals surface area contributed by atoms with Gasteiger partial charge in [0.15, 0.2) is 0 Å². The Labute approximate surface area is 114 Å². The molecule has 0 fully saturated rings. The summed E-state index contributed by atoms with van der Waals surface area (Å²) in [4.78, 5) is 3.26. The van der Waals surface area contributed by atoms with E-state index in [2.05, 4.69) is 31.1 Å². The van der Waals surface area contributed by atoms with Gasteiger partial charge in [0.1, 0.15) is 5.82 Å². The van der Waals surface area contributed by atoms with Crippen molar-refractivity contribution in [2.45, 2.75) is 46.1 Å². The van der Waals surface area contributed by atoms with Crippen molar-refractivity contribution in [2.75, 3.05) is 6.54 Å². The highest BCUT2D eigenvalue weighted by Crippen LogP contribution is 2.31. The maximum Gasteiger partial charge on any atom is 0.147 e. The maximum atomic E-state index is 13.9. The molecular weight excluding hydrogens is 239 g/mol. The third-order valence-corrected chi connectivity index (χ3v) is 3.66. The van der Waals surface area contributed by atoms with Gasteiger partial charge in [0.2, 0.25) is 0 Å². The second kappa shape index (κ2) is 6.20. The number of H-pyrrole nitrogens is 1. The molecule has 0 aliphatic carbocycles. The normalized spacial score (nSPS) is 13.1. The topological polar surface area (TPSA) is 27.8 Å². The van der Waals surface area contributed by atoms with Crippen LogP contribution in [-0.4, -0.2) is 11.5 Å². The molecule has 0 aliphatic heterocycles. The average molecular weight is 262 g/mol. The Balaban J connectivity index is 2.52. The lowest BCUT2D eigenvalue weighted by Crippen LogP contribution is -2.22. The minimum Gasteiger partial charge on any atom is -0.356 e. The van der Waals surface area contributed by atoms with Crippen LogP contribution < -0.4 is 5.32 Å². The van der Waals surface area contributed by atoms with Crippen LogP contribution in [0.3, 0.4) is 0 Å². The zero-order valence-corrected chi connectivity index (χ0v) is 12.0. The van der Waals surface area contributed by atoms with Crippen molar-refractivity contribution in [3.63, 3.8) is 0 Å². The summed E-state index contributed by atoms with van der Waals surface area (Å²) in [5, 5.41) is 4.59. The summed E-state index contributed by atoms with van der Waals surface area (Å²) >= 11 is 0. The SMILES string of the molecule is CCCNC(CC)c1c(CC)[nH]c2c(F)cccc12.